The van der Waals surface area contributed by atoms with Crippen molar-refractivity contribution in [2.45, 2.75) is 18.1 Å². The predicted molar refractivity (Wildman–Crippen MR) is 83.8 cm³/mol. The first kappa shape index (κ1) is 15.4. The number of carbonyl (C=O) groups is 1. The first-order valence-corrected chi connectivity index (χ1v) is 9.27. The summed E-state index contributed by atoms with van der Waals surface area (Å²) in [4.78, 5) is 14.5. The highest BCUT2D eigenvalue weighted by Gasteiger charge is 2.31. The van der Waals surface area contributed by atoms with Crippen molar-refractivity contribution in [1.29, 1.82) is 0 Å². The normalized spacial score (nSPS) is 19.5. The molecule has 0 aliphatic carbocycles. The van der Waals surface area contributed by atoms with Crippen molar-refractivity contribution in [3.05, 3.63) is 35.0 Å². The highest BCUT2D eigenvalue weighted by molar-refractivity contribution is 7.89. The molecule has 2 aromatic rings. The Bertz CT molecular complexity index is 832. The van der Waals surface area contributed by atoms with E-state index in [4.69, 9.17) is 5.14 Å². The molecule has 1 atom stereocenters. The fourth-order valence-electron chi connectivity index (χ4n) is 2.67. The number of fused-ring (bicyclic) bond motifs is 1. The van der Waals surface area contributed by atoms with Crippen LogP contribution in [0.2, 0.25) is 0 Å². The van der Waals surface area contributed by atoms with Crippen LogP contribution in [0.3, 0.4) is 0 Å². The van der Waals surface area contributed by atoms with Gasteiger partial charge in [0.25, 0.3) is 5.91 Å². The van der Waals surface area contributed by atoms with Crippen molar-refractivity contribution >= 4 is 37.4 Å². The van der Waals surface area contributed by atoms with Gasteiger partial charge in [-0.15, -0.1) is 11.3 Å². The fourth-order valence-corrected chi connectivity index (χ4v) is 4.56. The van der Waals surface area contributed by atoms with Crippen molar-refractivity contribution in [2.75, 3.05) is 13.1 Å². The molecule has 5 nitrogen and oxygen atoms in total. The quantitative estimate of drug-likeness (QED) is 0.905. The zero-order valence-electron chi connectivity index (χ0n) is 11.7. The number of halogens is 1. The van der Waals surface area contributed by atoms with E-state index in [0.717, 1.165) is 4.70 Å². The van der Waals surface area contributed by atoms with Crippen molar-refractivity contribution in [3.63, 3.8) is 0 Å². The number of thiophene rings is 1. The summed E-state index contributed by atoms with van der Waals surface area (Å²) < 4.78 is 37.0. The molecule has 1 aliphatic heterocycles. The SMILES string of the molecule is NS(=O)(=O)[C@H]1CCCN(C(=O)c2cc3cc(F)ccc3s2)C1. The Balaban J connectivity index is 1.85. The Morgan fingerprint density at radius 1 is 1.36 bits per heavy atom. The van der Waals surface area contributed by atoms with E-state index in [2.05, 4.69) is 0 Å². The Hall–Kier alpha value is -1.51. The van der Waals surface area contributed by atoms with Crippen molar-refractivity contribution in [1.82, 2.24) is 4.90 Å². The minimum Gasteiger partial charge on any atom is -0.337 e. The molecule has 1 saturated heterocycles. The second kappa shape index (κ2) is 5.60. The highest BCUT2D eigenvalue weighted by Crippen LogP contribution is 2.28. The van der Waals surface area contributed by atoms with Crippen LogP contribution in [0.1, 0.15) is 22.5 Å². The summed E-state index contributed by atoms with van der Waals surface area (Å²) in [6, 6.07) is 6.01. The van der Waals surface area contributed by atoms with Gasteiger partial charge in [-0.3, -0.25) is 4.79 Å². The maximum absolute atomic E-state index is 13.2. The number of amides is 1. The first-order chi connectivity index (χ1) is 10.3. The lowest BCUT2D eigenvalue weighted by molar-refractivity contribution is 0.0732. The van der Waals surface area contributed by atoms with E-state index < -0.39 is 15.3 Å². The van der Waals surface area contributed by atoms with Crippen LogP contribution in [-0.2, 0) is 10.0 Å². The molecule has 0 spiro atoms. The Morgan fingerprint density at radius 3 is 2.86 bits per heavy atom. The summed E-state index contributed by atoms with van der Waals surface area (Å²) in [6.45, 7) is 0.619. The van der Waals surface area contributed by atoms with Gasteiger partial charge in [-0.2, -0.15) is 0 Å². The number of carbonyl (C=O) groups excluding carboxylic acids is 1. The van der Waals surface area contributed by atoms with Gasteiger partial charge in [0, 0.05) is 17.8 Å². The number of hydrogen-bond donors (Lipinski definition) is 1. The lowest BCUT2D eigenvalue weighted by Crippen LogP contribution is -2.46. The van der Waals surface area contributed by atoms with Gasteiger partial charge in [-0.05, 0) is 42.5 Å². The molecule has 1 aromatic carbocycles. The van der Waals surface area contributed by atoms with E-state index in [9.17, 15) is 17.6 Å². The summed E-state index contributed by atoms with van der Waals surface area (Å²) in [5.41, 5.74) is 0. The second-order valence-corrected chi connectivity index (χ2v) is 8.33. The Labute approximate surface area is 131 Å². The number of piperidine rings is 1. The Kier molecular flexibility index (Phi) is 3.92. The molecular formula is C14H15FN2O3S2. The topological polar surface area (TPSA) is 80.5 Å². The first-order valence-electron chi connectivity index (χ1n) is 6.84. The third-order valence-corrected chi connectivity index (χ3v) is 6.24. The number of primary sulfonamides is 1. The highest BCUT2D eigenvalue weighted by atomic mass is 32.2. The van der Waals surface area contributed by atoms with Crippen LogP contribution in [0.15, 0.2) is 24.3 Å². The van der Waals surface area contributed by atoms with Gasteiger partial charge in [0.15, 0.2) is 0 Å². The van der Waals surface area contributed by atoms with Crippen LogP contribution in [0.25, 0.3) is 10.1 Å². The van der Waals surface area contributed by atoms with Crippen LogP contribution in [0.4, 0.5) is 4.39 Å². The molecule has 1 aliphatic rings. The van der Waals surface area contributed by atoms with Crippen molar-refractivity contribution < 1.29 is 17.6 Å². The monoisotopic (exact) mass is 342 g/mol. The van der Waals surface area contributed by atoms with E-state index in [1.54, 1.807) is 12.1 Å². The third kappa shape index (κ3) is 2.99. The van der Waals surface area contributed by atoms with Crippen molar-refractivity contribution in [2.24, 2.45) is 5.14 Å². The van der Waals surface area contributed by atoms with Gasteiger partial charge in [0.05, 0.1) is 10.1 Å². The van der Waals surface area contributed by atoms with Gasteiger partial charge in [-0.1, -0.05) is 0 Å². The minimum absolute atomic E-state index is 0.111. The fraction of sp³-hybridized carbons (Fsp3) is 0.357. The number of nitrogens with two attached hydrogens (primary N) is 1. The minimum atomic E-state index is -3.64. The molecule has 1 amide bonds. The van der Waals surface area contributed by atoms with Gasteiger partial charge in [-0.25, -0.2) is 17.9 Å². The summed E-state index contributed by atoms with van der Waals surface area (Å²) in [5.74, 6) is -0.577. The van der Waals surface area contributed by atoms with Crippen LogP contribution in [0, 0.1) is 5.82 Å². The van der Waals surface area contributed by atoms with E-state index in [-0.39, 0.29) is 18.3 Å². The lowest BCUT2D eigenvalue weighted by Gasteiger charge is -2.31. The molecule has 22 heavy (non-hydrogen) atoms. The molecular weight excluding hydrogens is 327 g/mol. The molecule has 8 heteroatoms. The zero-order valence-corrected chi connectivity index (χ0v) is 13.3. The van der Waals surface area contributed by atoms with Crippen LogP contribution in [-0.4, -0.2) is 37.6 Å². The number of benzene rings is 1. The predicted octanol–water partition coefficient (Wildman–Crippen LogP) is 1.93. The van der Waals surface area contributed by atoms with E-state index in [0.29, 0.717) is 29.6 Å². The molecule has 3 rings (SSSR count). The van der Waals surface area contributed by atoms with Gasteiger partial charge >= 0.3 is 0 Å². The van der Waals surface area contributed by atoms with Crippen LogP contribution < -0.4 is 5.14 Å². The summed E-state index contributed by atoms with van der Waals surface area (Å²) in [7, 11) is -3.64. The smallest absolute Gasteiger partial charge is 0.264 e. The van der Waals surface area contributed by atoms with Gasteiger partial charge in [0.1, 0.15) is 5.82 Å². The molecule has 1 fully saturated rings. The van der Waals surface area contributed by atoms with Gasteiger partial charge < -0.3 is 4.90 Å². The number of likely N-dealkylation sites (tertiary alicyclic amines) is 1. The van der Waals surface area contributed by atoms with E-state index in [1.807, 2.05) is 0 Å². The summed E-state index contributed by atoms with van der Waals surface area (Å²) >= 11 is 1.28. The lowest BCUT2D eigenvalue weighted by atomic mass is 10.1. The molecule has 0 unspecified atom stereocenters. The summed E-state index contributed by atoms with van der Waals surface area (Å²) in [6.07, 6.45) is 1.08. The average molecular weight is 342 g/mol. The number of nitrogens with zero attached hydrogens (tertiary/aromatic N) is 1. The molecule has 118 valence electrons. The number of hydrogen-bond acceptors (Lipinski definition) is 4. The maximum atomic E-state index is 13.2. The number of sulfonamides is 1. The zero-order chi connectivity index (χ0) is 15.9. The molecule has 1 aromatic heterocycles. The third-order valence-electron chi connectivity index (χ3n) is 3.82. The molecule has 0 saturated carbocycles. The number of rotatable bonds is 2. The van der Waals surface area contributed by atoms with Crippen LogP contribution in [0.5, 0.6) is 0 Å². The van der Waals surface area contributed by atoms with E-state index >= 15 is 0 Å². The van der Waals surface area contributed by atoms with Gasteiger partial charge in [0.2, 0.25) is 10.0 Å². The molecule has 0 radical (unpaired) electrons. The van der Waals surface area contributed by atoms with Crippen molar-refractivity contribution in [3.8, 4) is 0 Å². The maximum Gasteiger partial charge on any atom is 0.264 e. The molecule has 2 N–H and O–H groups in total. The average Bonchev–Trinajstić information content (AvgIpc) is 2.88. The standard InChI is InChI=1S/C14H15FN2O3S2/c15-10-3-4-12-9(6-10)7-13(21-12)14(18)17-5-1-2-11(8-17)22(16,19)20/h3-4,6-7,11H,1-2,5,8H2,(H2,16,19,20)/t11-/m0/s1. The Morgan fingerprint density at radius 2 is 2.14 bits per heavy atom. The largest absolute Gasteiger partial charge is 0.337 e. The summed E-state index contributed by atoms with van der Waals surface area (Å²) in [5, 5.41) is 5.15. The van der Waals surface area contributed by atoms with Crippen LogP contribution >= 0.6 is 11.3 Å². The molecule has 2 heterocycles. The van der Waals surface area contributed by atoms with E-state index in [1.165, 1.54) is 28.4 Å². The molecule has 0 bridgehead atoms. The second-order valence-electron chi connectivity index (χ2n) is 5.40.